The minimum Gasteiger partial charge on any atom is -0.467 e. The molecule has 3 rings (SSSR count). The molecule has 0 aliphatic rings. The first-order chi connectivity index (χ1) is 11.9. The molecule has 3 aromatic rings. The topological polar surface area (TPSA) is 116 Å². The van der Waals surface area contributed by atoms with Crippen molar-refractivity contribution in [1.29, 1.82) is 0 Å². The van der Waals surface area contributed by atoms with Gasteiger partial charge >= 0.3 is 6.09 Å². The van der Waals surface area contributed by atoms with Crippen LogP contribution in [-0.2, 0) is 13.0 Å². The number of nitrogens with one attached hydrogen (secondary N) is 3. The predicted molar refractivity (Wildman–Crippen MR) is 94.0 cm³/mol. The molecule has 132 valence electrons. The Morgan fingerprint density at radius 2 is 2.28 bits per heavy atom. The molecule has 9 heteroatoms. The summed E-state index contributed by atoms with van der Waals surface area (Å²) in [7, 11) is 0. The zero-order chi connectivity index (χ0) is 18.0. The molecule has 0 aromatic carbocycles. The van der Waals surface area contributed by atoms with E-state index in [0.717, 1.165) is 22.4 Å². The van der Waals surface area contributed by atoms with Crippen LogP contribution in [0.15, 0.2) is 22.8 Å². The van der Waals surface area contributed by atoms with Gasteiger partial charge in [-0.25, -0.2) is 9.78 Å². The second-order valence-corrected chi connectivity index (χ2v) is 6.12. The highest BCUT2D eigenvalue weighted by Gasteiger charge is 2.17. The van der Waals surface area contributed by atoms with Crippen molar-refractivity contribution in [2.45, 2.75) is 32.9 Å². The van der Waals surface area contributed by atoms with Gasteiger partial charge in [-0.15, -0.1) is 0 Å². The number of H-pyrrole nitrogens is 1. The molecule has 0 bridgehead atoms. The van der Waals surface area contributed by atoms with Gasteiger partial charge in [-0.2, -0.15) is 4.98 Å². The summed E-state index contributed by atoms with van der Waals surface area (Å²) in [5.74, 6) is 1.38. The van der Waals surface area contributed by atoms with E-state index in [2.05, 4.69) is 25.6 Å². The number of furan rings is 1. The van der Waals surface area contributed by atoms with Gasteiger partial charge in [0, 0.05) is 18.2 Å². The van der Waals surface area contributed by atoms with Gasteiger partial charge in [-0.05, 0) is 43.1 Å². The second-order valence-electron chi connectivity index (χ2n) is 5.78. The first-order valence-corrected chi connectivity index (χ1v) is 8.12. The van der Waals surface area contributed by atoms with Crippen LogP contribution in [0.25, 0.3) is 11.0 Å². The number of halogens is 1. The molecule has 0 aliphatic carbocycles. The number of amides is 1. The highest BCUT2D eigenvalue weighted by Crippen LogP contribution is 2.29. The number of aryl methyl sites for hydroxylation is 1. The largest absolute Gasteiger partial charge is 0.467 e. The minimum absolute atomic E-state index is 0.124. The van der Waals surface area contributed by atoms with Crippen molar-refractivity contribution >= 4 is 34.5 Å². The van der Waals surface area contributed by atoms with Crippen LogP contribution < -0.4 is 10.6 Å². The summed E-state index contributed by atoms with van der Waals surface area (Å²) < 4.78 is 5.31. The summed E-state index contributed by atoms with van der Waals surface area (Å²) in [4.78, 5) is 22.5. The van der Waals surface area contributed by atoms with Crippen molar-refractivity contribution in [1.82, 2.24) is 20.3 Å². The Hall–Kier alpha value is -2.74. The number of aromatic nitrogens is 3. The zero-order valence-electron chi connectivity index (χ0n) is 13.8. The molecule has 1 amide bonds. The van der Waals surface area contributed by atoms with Crippen LogP contribution in [0.1, 0.15) is 23.9 Å². The van der Waals surface area contributed by atoms with Crippen molar-refractivity contribution in [3.05, 3.63) is 40.7 Å². The molecule has 3 aromatic heterocycles. The van der Waals surface area contributed by atoms with Gasteiger partial charge in [0.1, 0.15) is 17.2 Å². The SMILES string of the molecule is Cc1c(C[C@H](C)NC(=O)O)[nH]c2nc(Cl)nc(NCc3ccco3)c12. The summed E-state index contributed by atoms with van der Waals surface area (Å²) in [6.45, 7) is 4.21. The van der Waals surface area contributed by atoms with E-state index in [1.165, 1.54) is 0 Å². The zero-order valence-corrected chi connectivity index (χ0v) is 14.5. The molecular formula is C16H18ClN5O3. The molecule has 25 heavy (non-hydrogen) atoms. The van der Waals surface area contributed by atoms with Crippen molar-refractivity contribution in [3.8, 4) is 0 Å². The fraction of sp³-hybridized carbons (Fsp3) is 0.312. The van der Waals surface area contributed by atoms with E-state index < -0.39 is 6.09 Å². The van der Waals surface area contributed by atoms with Crippen LogP contribution in [0.3, 0.4) is 0 Å². The monoisotopic (exact) mass is 363 g/mol. The molecule has 0 spiro atoms. The van der Waals surface area contributed by atoms with Crippen LogP contribution in [0.4, 0.5) is 10.6 Å². The van der Waals surface area contributed by atoms with Gasteiger partial charge in [0.15, 0.2) is 0 Å². The van der Waals surface area contributed by atoms with E-state index in [-0.39, 0.29) is 11.3 Å². The first-order valence-electron chi connectivity index (χ1n) is 7.74. The maximum atomic E-state index is 10.8. The molecule has 0 aliphatic heterocycles. The number of anilines is 1. The highest BCUT2D eigenvalue weighted by atomic mass is 35.5. The Morgan fingerprint density at radius 1 is 1.48 bits per heavy atom. The van der Waals surface area contributed by atoms with Crippen LogP contribution >= 0.6 is 11.6 Å². The number of rotatable bonds is 6. The second kappa shape index (κ2) is 7.02. The average molecular weight is 364 g/mol. The lowest BCUT2D eigenvalue weighted by atomic mass is 10.1. The van der Waals surface area contributed by atoms with Crippen LogP contribution in [0, 0.1) is 6.92 Å². The summed E-state index contributed by atoms with van der Waals surface area (Å²) in [6.07, 6.45) is 1.06. The number of carbonyl (C=O) groups is 1. The van der Waals surface area contributed by atoms with Crippen molar-refractivity contribution < 1.29 is 14.3 Å². The average Bonchev–Trinajstić information content (AvgIpc) is 3.13. The van der Waals surface area contributed by atoms with Gasteiger partial charge in [-0.3, -0.25) is 0 Å². The molecular weight excluding hydrogens is 346 g/mol. The molecule has 0 radical (unpaired) electrons. The fourth-order valence-electron chi connectivity index (χ4n) is 2.75. The Kier molecular flexibility index (Phi) is 4.80. The smallest absolute Gasteiger partial charge is 0.404 e. The molecule has 0 unspecified atom stereocenters. The van der Waals surface area contributed by atoms with Gasteiger partial charge < -0.3 is 25.1 Å². The number of nitrogens with zero attached hydrogens (tertiary/aromatic N) is 2. The maximum absolute atomic E-state index is 10.8. The first kappa shape index (κ1) is 17.1. The highest BCUT2D eigenvalue weighted by molar-refractivity contribution is 6.28. The number of hydrogen-bond donors (Lipinski definition) is 4. The quantitative estimate of drug-likeness (QED) is 0.499. The van der Waals surface area contributed by atoms with Gasteiger partial charge in [0.25, 0.3) is 0 Å². The van der Waals surface area contributed by atoms with E-state index in [0.29, 0.717) is 24.4 Å². The fourth-order valence-corrected chi connectivity index (χ4v) is 2.92. The third kappa shape index (κ3) is 3.85. The van der Waals surface area contributed by atoms with Gasteiger partial charge in [-0.1, -0.05) is 0 Å². The number of carboxylic acid groups (broad SMARTS) is 1. The Balaban J connectivity index is 1.90. The van der Waals surface area contributed by atoms with E-state index in [1.54, 1.807) is 13.2 Å². The summed E-state index contributed by atoms with van der Waals surface area (Å²) in [5.41, 5.74) is 2.44. The molecule has 0 fully saturated rings. The summed E-state index contributed by atoms with van der Waals surface area (Å²) >= 11 is 6.02. The predicted octanol–water partition coefficient (Wildman–Crippen LogP) is 3.32. The Bertz CT molecular complexity index is 891. The van der Waals surface area contributed by atoms with Crippen molar-refractivity contribution in [2.24, 2.45) is 0 Å². The normalized spacial score (nSPS) is 12.3. The lowest BCUT2D eigenvalue weighted by Crippen LogP contribution is -2.32. The third-order valence-electron chi connectivity index (χ3n) is 3.87. The maximum Gasteiger partial charge on any atom is 0.404 e. The van der Waals surface area contributed by atoms with Crippen molar-refractivity contribution in [2.75, 3.05) is 5.32 Å². The van der Waals surface area contributed by atoms with Crippen molar-refractivity contribution in [3.63, 3.8) is 0 Å². The van der Waals surface area contributed by atoms with E-state index in [4.69, 9.17) is 21.1 Å². The van der Waals surface area contributed by atoms with E-state index >= 15 is 0 Å². The molecule has 4 N–H and O–H groups in total. The molecule has 0 saturated heterocycles. The number of hydrogen-bond acceptors (Lipinski definition) is 5. The molecule has 8 nitrogen and oxygen atoms in total. The standard InChI is InChI=1S/C16H18ClN5O3/c1-8(19-16(23)24)6-11-9(2)12-13(18-7-10-4-3-5-25-10)21-15(17)22-14(12)20-11/h3-5,8,19H,6-7H2,1-2H3,(H,23,24)(H2,18,20,21,22)/t8-/m0/s1. The molecule has 3 heterocycles. The number of fused-ring (bicyclic) bond motifs is 1. The van der Waals surface area contributed by atoms with E-state index in [9.17, 15) is 4.79 Å². The Morgan fingerprint density at radius 3 is 2.96 bits per heavy atom. The van der Waals surface area contributed by atoms with Crippen LogP contribution in [0.5, 0.6) is 0 Å². The lowest BCUT2D eigenvalue weighted by Gasteiger charge is -2.10. The van der Waals surface area contributed by atoms with Crippen LogP contribution in [-0.4, -0.2) is 32.2 Å². The van der Waals surface area contributed by atoms with Crippen LogP contribution in [0.2, 0.25) is 5.28 Å². The van der Waals surface area contributed by atoms with Gasteiger partial charge in [0.05, 0.1) is 18.2 Å². The number of aromatic amines is 1. The summed E-state index contributed by atoms with van der Waals surface area (Å²) in [5, 5.41) is 15.4. The minimum atomic E-state index is -1.05. The van der Waals surface area contributed by atoms with Gasteiger partial charge in [0.2, 0.25) is 5.28 Å². The molecule has 1 atom stereocenters. The van der Waals surface area contributed by atoms with E-state index in [1.807, 2.05) is 19.1 Å². The Labute approximate surface area is 148 Å². The third-order valence-corrected chi connectivity index (χ3v) is 4.04. The molecule has 0 saturated carbocycles. The lowest BCUT2D eigenvalue weighted by molar-refractivity contribution is 0.190. The summed E-state index contributed by atoms with van der Waals surface area (Å²) in [6, 6.07) is 3.43.